The molecule has 0 aromatic rings. The Morgan fingerprint density at radius 3 is 3.08 bits per heavy atom. The first-order chi connectivity index (χ1) is 6.18. The molecule has 0 spiro atoms. The van der Waals surface area contributed by atoms with Crippen LogP contribution in [0.1, 0.15) is 12.8 Å². The number of thioether (sulfide) groups is 2. The summed E-state index contributed by atoms with van der Waals surface area (Å²) in [5.74, 6) is 2.42. The van der Waals surface area contributed by atoms with E-state index in [4.69, 9.17) is 5.11 Å². The number of carboxylic acids is 1. The average Bonchev–Trinajstić information content (AvgIpc) is 2.27. The molecule has 0 radical (unpaired) electrons. The van der Waals surface area contributed by atoms with Crippen molar-refractivity contribution in [3.8, 4) is 0 Å². The predicted octanol–water partition coefficient (Wildman–Crippen LogP) is 2.26. The third-order valence-electron chi connectivity index (χ3n) is 1.81. The van der Waals surface area contributed by atoms with E-state index in [1.807, 2.05) is 23.5 Å². The van der Waals surface area contributed by atoms with Gasteiger partial charge in [0.2, 0.25) is 0 Å². The Labute approximate surface area is 87.2 Å². The fraction of sp³-hybridized carbons (Fsp3) is 0.667. The molecular formula is C9H14O2S2. The van der Waals surface area contributed by atoms with Crippen molar-refractivity contribution in [2.45, 2.75) is 18.1 Å². The average molecular weight is 218 g/mol. The van der Waals surface area contributed by atoms with E-state index in [2.05, 4.69) is 6.58 Å². The first-order valence-corrected chi connectivity index (χ1v) is 6.46. The highest BCUT2D eigenvalue weighted by Crippen LogP contribution is 2.28. The first kappa shape index (κ1) is 11.0. The third-order valence-corrected chi connectivity index (χ3v) is 4.72. The van der Waals surface area contributed by atoms with Gasteiger partial charge in [-0.1, -0.05) is 12.2 Å². The van der Waals surface area contributed by atoms with Crippen molar-refractivity contribution in [1.82, 2.24) is 0 Å². The molecule has 1 saturated heterocycles. The number of hydrogen-bond acceptors (Lipinski definition) is 3. The summed E-state index contributed by atoms with van der Waals surface area (Å²) in [4.78, 5) is 10.4. The van der Waals surface area contributed by atoms with E-state index >= 15 is 0 Å². The van der Waals surface area contributed by atoms with Crippen LogP contribution in [0.2, 0.25) is 0 Å². The van der Waals surface area contributed by atoms with E-state index in [0.29, 0.717) is 11.7 Å². The number of rotatable bonds is 3. The lowest BCUT2D eigenvalue weighted by Crippen LogP contribution is -2.08. The van der Waals surface area contributed by atoms with Gasteiger partial charge in [0.1, 0.15) is 0 Å². The summed E-state index contributed by atoms with van der Waals surface area (Å²) >= 11 is 3.72. The van der Waals surface area contributed by atoms with Crippen molar-refractivity contribution >= 4 is 29.5 Å². The normalized spacial score (nSPS) is 24.0. The standard InChI is InChI=1S/C9H14O2S2/c1-7-4-12-6-8(13-5-7)2-3-9(10)11/h8H,1-6H2,(H,10,11). The number of hydrogen-bond donors (Lipinski definition) is 1. The zero-order chi connectivity index (χ0) is 9.68. The second-order valence-electron chi connectivity index (χ2n) is 3.13. The fourth-order valence-corrected chi connectivity index (χ4v) is 3.71. The maximum atomic E-state index is 10.4. The summed E-state index contributed by atoms with van der Waals surface area (Å²) in [6.07, 6.45) is 1.09. The van der Waals surface area contributed by atoms with Crippen LogP contribution < -0.4 is 0 Å². The van der Waals surface area contributed by atoms with Crippen molar-refractivity contribution < 1.29 is 9.90 Å². The summed E-state index contributed by atoms with van der Waals surface area (Å²) < 4.78 is 0. The van der Waals surface area contributed by atoms with Gasteiger partial charge in [0, 0.05) is 28.9 Å². The van der Waals surface area contributed by atoms with Crippen molar-refractivity contribution in [2.75, 3.05) is 17.3 Å². The lowest BCUT2D eigenvalue weighted by molar-refractivity contribution is -0.137. The summed E-state index contributed by atoms with van der Waals surface area (Å²) in [5.41, 5.74) is 1.27. The first-order valence-electron chi connectivity index (χ1n) is 4.26. The highest BCUT2D eigenvalue weighted by Gasteiger charge is 2.15. The fourth-order valence-electron chi connectivity index (χ4n) is 1.11. The van der Waals surface area contributed by atoms with Crippen molar-refractivity contribution in [1.29, 1.82) is 0 Å². The molecule has 0 saturated carbocycles. The number of carbonyl (C=O) groups is 1. The Morgan fingerprint density at radius 1 is 1.62 bits per heavy atom. The van der Waals surface area contributed by atoms with Gasteiger partial charge in [-0.05, 0) is 6.42 Å². The molecule has 13 heavy (non-hydrogen) atoms. The molecule has 1 aliphatic heterocycles. The van der Waals surface area contributed by atoms with E-state index in [1.54, 1.807) is 0 Å². The van der Waals surface area contributed by atoms with Gasteiger partial charge in [-0.3, -0.25) is 4.79 Å². The summed E-state index contributed by atoms with van der Waals surface area (Å²) in [6.45, 7) is 3.95. The molecule has 0 aromatic heterocycles. The van der Waals surface area contributed by atoms with Gasteiger partial charge in [0.15, 0.2) is 0 Å². The van der Waals surface area contributed by atoms with Crippen LogP contribution in [0.3, 0.4) is 0 Å². The van der Waals surface area contributed by atoms with Gasteiger partial charge < -0.3 is 5.11 Å². The molecule has 1 atom stereocenters. The molecule has 1 aliphatic rings. The van der Waals surface area contributed by atoms with Crippen molar-refractivity contribution in [3.63, 3.8) is 0 Å². The lowest BCUT2D eigenvalue weighted by atomic mass is 10.2. The van der Waals surface area contributed by atoms with Crippen molar-refractivity contribution in [2.24, 2.45) is 0 Å². The Morgan fingerprint density at radius 2 is 2.38 bits per heavy atom. The van der Waals surface area contributed by atoms with E-state index in [9.17, 15) is 4.79 Å². The quantitative estimate of drug-likeness (QED) is 0.737. The van der Waals surface area contributed by atoms with Crippen LogP contribution in [0.15, 0.2) is 12.2 Å². The molecule has 0 bridgehead atoms. The number of aliphatic carboxylic acids is 1. The maximum Gasteiger partial charge on any atom is 0.303 e. The topological polar surface area (TPSA) is 37.3 Å². The summed E-state index contributed by atoms with van der Waals surface area (Å²) in [6, 6.07) is 0. The van der Waals surface area contributed by atoms with Gasteiger partial charge in [-0.2, -0.15) is 23.5 Å². The van der Waals surface area contributed by atoms with E-state index in [1.165, 1.54) is 5.57 Å². The Balaban J connectivity index is 2.25. The minimum Gasteiger partial charge on any atom is -0.481 e. The minimum atomic E-state index is -0.686. The van der Waals surface area contributed by atoms with Crippen LogP contribution in [-0.4, -0.2) is 33.6 Å². The third kappa shape index (κ3) is 4.62. The van der Waals surface area contributed by atoms with Gasteiger partial charge in [0.05, 0.1) is 0 Å². The molecule has 0 amide bonds. The summed E-state index contributed by atoms with van der Waals surface area (Å²) in [5, 5.41) is 9.03. The Hall–Kier alpha value is -0.0900. The highest BCUT2D eigenvalue weighted by atomic mass is 32.2. The van der Waals surface area contributed by atoms with E-state index < -0.39 is 5.97 Å². The molecule has 1 fully saturated rings. The zero-order valence-corrected chi connectivity index (χ0v) is 9.12. The van der Waals surface area contributed by atoms with Gasteiger partial charge >= 0.3 is 5.97 Å². The van der Waals surface area contributed by atoms with Crippen molar-refractivity contribution in [3.05, 3.63) is 12.2 Å². The van der Waals surface area contributed by atoms with Crippen LogP contribution in [0.4, 0.5) is 0 Å². The van der Waals surface area contributed by atoms with Gasteiger partial charge in [0.25, 0.3) is 0 Å². The molecule has 1 N–H and O–H groups in total. The van der Waals surface area contributed by atoms with Crippen LogP contribution in [0, 0.1) is 0 Å². The van der Waals surface area contributed by atoms with Gasteiger partial charge in [-0.25, -0.2) is 0 Å². The Kier molecular flexibility index (Phi) is 4.73. The molecule has 2 nitrogen and oxygen atoms in total. The smallest absolute Gasteiger partial charge is 0.303 e. The predicted molar refractivity (Wildman–Crippen MR) is 59.6 cm³/mol. The second-order valence-corrected chi connectivity index (χ2v) is 5.45. The number of carboxylic acid groups (broad SMARTS) is 1. The second kappa shape index (κ2) is 5.60. The molecule has 4 heteroatoms. The highest BCUT2D eigenvalue weighted by molar-refractivity contribution is 8.04. The molecule has 0 aliphatic carbocycles. The monoisotopic (exact) mass is 218 g/mol. The lowest BCUT2D eigenvalue weighted by Gasteiger charge is -2.10. The van der Waals surface area contributed by atoms with E-state index in [0.717, 1.165) is 23.7 Å². The molecule has 0 aromatic carbocycles. The summed E-state index contributed by atoms with van der Waals surface area (Å²) in [7, 11) is 0. The zero-order valence-electron chi connectivity index (χ0n) is 7.49. The largest absolute Gasteiger partial charge is 0.481 e. The van der Waals surface area contributed by atoms with Crippen LogP contribution in [0.5, 0.6) is 0 Å². The van der Waals surface area contributed by atoms with E-state index in [-0.39, 0.29) is 0 Å². The van der Waals surface area contributed by atoms with Gasteiger partial charge in [-0.15, -0.1) is 0 Å². The molecular weight excluding hydrogens is 204 g/mol. The van der Waals surface area contributed by atoms with Crippen LogP contribution in [0.25, 0.3) is 0 Å². The molecule has 74 valence electrons. The van der Waals surface area contributed by atoms with Crippen LogP contribution in [-0.2, 0) is 4.79 Å². The SMILES string of the molecule is C=C1CSCC(CCC(=O)O)SC1. The molecule has 1 unspecified atom stereocenters. The molecule has 1 heterocycles. The van der Waals surface area contributed by atoms with Crippen LogP contribution >= 0.6 is 23.5 Å². The Bertz CT molecular complexity index is 204. The minimum absolute atomic E-state index is 0.296. The maximum absolute atomic E-state index is 10.4. The molecule has 1 rings (SSSR count).